The highest BCUT2D eigenvalue weighted by Crippen LogP contribution is 2.40. The summed E-state index contributed by atoms with van der Waals surface area (Å²) < 4.78 is 0. The molecule has 1 N–H and O–H groups in total. The van der Waals surface area contributed by atoms with Crippen molar-refractivity contribution in [2.45, 2.75) is 96.1 Å². The summed E-state index contributed by atoms with van der Waals surface area (Å²) in [6.07, 6.45) is 17.8. The van der Waals surface area contributed by atoms with Crippen molar-refractivity contribution in [1.82, 2.24) is 5.32 Å². The number of fused-ring (bicyclic) bond motifs is 1. The lowest BCUT2D eigenvalue weighted by Crippen LogP contribution is -2.44. The summed E-state index contributed by atoms with van der Waals surface area (Å²) in [6.45, 7) is 2.36. The summed E-state index contributed by atoms with van der Waals surface area (Å²) in [4.78, 5) is 0. The standard InChI is InChI=1S/C18H33N/c1-2-14-7-10-17(11-8-14)19-18-12-9-15-5-3-4-6-16(15)13-18/h14-19H,2-13H2,1H3. The number of hydrogen-bond donors (Lipinski definition) is 1. The molecule has 3 rings (SSSR count). The molecule has 1 nitrogen and oxygen atoms in total. The highest BCUT2D eigenvalue weighted by atomic mass is 15.0. The minimum absolute atomic E-state index is 0.855. The van der Waals surface area contributed by atoms with Gasteiger partial charge in [0.05, 0.1) is 0 Å². The fraction of sp³-hybridized carbons (Fsp3) is 1.00. The molecular weight excluding hydrogens is 230 g/mol. The Morgan fingerprint density at radius 2 is 1.42 bits per heavy atom. The molecule has 3 unspecified atom stereocenters. The van der Waals surface area contributed by atoms with Gasteiger partial charge in [0.1, 0.15) is 0 Å². The molecule has 0 spiro atoms. The summed E-state index contributed by atoms with van der Waals surface area (Å²) in [6, 6.07) is 1.72. The Kier molecular flexibility index (Phi) is 4.84. The van der Waals surface area contributed by atoms with Crippen molar-refractivity contribution < 1.29 is 0 Å². The second-order valence-electron chi connectivity index (χ2n) is 7.61. The lowest BCUT2D eigenvalue weighted by Gasteiger charge is -2.41. The second kappa shape index (κ2) is 6.61. The highest BCUT2D eigenvalue weighted by Gasteiger charge is 2.33. The van der Waals surface area contributed by atoms with Crippen molar-refractivity contribution in [2.24, 2.45) is 17.8 Å². The van der Waals surface area contributed by atoms with E-state index in [2.05, 4.69) is 12.2 Å². The maximum absolute atomic E-state index is 4.04. The molecule has 19 heavy (non-hydrogen) atoms. The molecule has 0 aromatic heterocycles. The molecule has 0 aromatic carbocycles. The zero-order valence-corrected chi connectivity index (χ0v) is 12.9. The van der Waals surface area contributed by atoms with Crippen LogP contribution in [-0.4, -0.2) is 12.1 Å². The topological polar surface area (TPSA) is 12.0 Å². The third-order valence-corrected chi connectivity index (χ3v) is 6.44. The van der Waals surface area contributed by atoms with Crippen LogP contribution >= 0.6 is 0 Å². The van der Waals surface area contributed by atoms with E-state index in [1.54, 1.807) is 6.42 Å². The van der Waals surface area contributed by atoms with E-state index in [0.29, 0.717) is 0 Å². The van der Waals surface area contributed by atoms with E-state index in [9.17, 15) is 0 Å². The van der Waals surface area contributed by atoms with E-state index in [1.165, 1.54) is 70.6 Å². The Morgan fingerprint density at radius 1 is 0.737 bits per heavy atom. The van der Waals surface area contributed by atoms with Crippen LogP contribution in [0.3, 0.4) is 0 Å². The summed E-state index contributed by atoms with van der Waals surface area (Å²) in [7, 11) is 0. The fourth-order valence-electron chi connectivity index (χ4n) is 5.10. The SMILES string of the molecule is CCC1CCC(NC2CCC3CCCCC3C2)CC1. The zero-order chi connectivity index (χ0) is 13.1. The van der Waals surface area contributed by atoms with Gasteiger partial charge in [-0.3, -0.25) is 0 Å². The van der Waals surface area contributed by atoms with Crippen molar-refractivity contribution in [3.8, 4) is 0 Å². The minimum Gasteiger partial charge on any atom is -0.311 e. The van der Waals surface area contributed by atoms with E-state index >= 15 is 0 Å². The first-order valence-electron chi connectivity index (χ1n) is 9.11. The van der Waals surface area contributed by atoms with Gasteiger partial charge in [-0.05, 0) is 62.7 Å². The van der Waals surface area contributed by atoms with Crippen molar-refractivity contribution in [3.63, 3.8) is 0 Å². The Morgan fingerprint density at radius 3 is 2.16 bits per heavy atom. The van der Waals surface area contributed by atoms with Gasteiger partial charge in [-0.25, -0.2) is 0 Å². The molecule has 0 aromatic rings. The largest absolute Gasteiger partial charge is 0.311 e. The first-order valence-corrected chi connectivity index (χ1v) is 9.11. The average Bonchev–Trinajstić information content (AvgIpc) is 2.48. The number of nitrogens with one attached hydrogen (secondary N) is 1. The van der Waals surface area contributed by atoms with Gasteiger partial charge in [-0.2, -0.15) is 0 Å². The summed E-state index contributed by atoms with van der Waals surface area (Å²) in [5.41, 5.74) is 0. The summed E-state index contributed by atoms with van der Waals surface area (Å²) in [5, 5.41) is 4.04. The third kappa shape index (κ3) is 3.54. The molecule has 0 bridgehead atoms. The predicted octanol–water partition coefficient (Wildman–Crippen LogP) is 4.90. The Hall–Kier alpha value is -0.0400. The van der Waals surface area contributed by atoms with Crippen LogP contribution in [0.1, 0.15) is 84.0 Å². The van der Waals surface area contributed by atoms with Crippen LogP contribution in [-0.2, 0) is 0 Å². The quantitative estimate of drug-likeness (QED) is 0.763. The van der Waals surface area contributed by atoms with E-state index in [4.69, 9.17) is 0 Å². The Bertz CT molecular complexity index is 267. The zero-order valence-electron chi connectivity index (χ0n) is 12.9. The molecule has 0 radical (unpaired) electrons. The molecule has 0 heterocycles. The van der Waals surface area contributed by atoms with E-state index in [-0.39, 0.29) is 0 Å². The first-order chi connectivity index (χ1) is 9.35. The first kappa shape index (κ1) is 13.9. The van der Waals surface area contributed by atoms with Crippen molar-refractivity contribution in [2.75, 3.05) is 0 Å². The van der Waals surface area contributed by atoms with Gasteiger partial charge >= 0.3 is 0 Å². The lowest BCUT2D eigenvalue weighted by molar-refractivity contribution is 0.132. The smallest absolute Gasteiger partial charge is 0.00724 e. The van der Waals surface area contributed by atoms with Gasteiger partial charge in [0.15, 0.2) is 0 Å². The highest BCUT2D eigenvalue weighted by molar-refractivity contribution is 4.88. The van der Waals surface area contributed by atoms with Crippen molar-refractivity contribution >= 4 is 0 Å². The van der Waals surface area contributed by atoms with Crippen LogP contribution in [0, 0.1) is 17.8 Å². The molecule has 3 aliphatic rings. The fourth-order valence-corrected chi connectivity index (χ4v) is 5.10. The third-order valence-electron chi connectivity index (χ3n) is 6.44. The average molecular weight is 263 g/mol. The van der Waals surface area contributed by atoms with Crippen LogP contribution in [0.4, 0.5) is 0 Å². The normalized spacial score (nSPS) is 43.7. The van der Waals surface area contributed by atoms with Crippen LogP contribution in [0.2, 0.25) is 0 Å². The van der Waals surface area contributed by atoms with E-state index in [0.717, 1.165) is 29.8 Å². The van der Waals surface area contributed by atoms with Gasteiger partial charge in [0.25, 0.3) is 0 Å². The molecule has 0 saturated heterocycles. The van der Waals surface area contributed by atoms with E-state index < -0.39 is 0 Å². The second-order valence-corrected chi connectivity index (χ2v) is 7.61. The molecule has 1 heteroatoms. The van der Waals surface area contributed by atoms with Gasteiger partial charge in [-0.15, -0.1) is 0 Å². The maximum atomic E-state index is 4.04. The molecule has 3 fully saturated rings. The molecule has 0 amide bonds. The van der Waals surface area contributed by atoms with Crippen LogP contribution in [0.15, 0.2) is 0 Å². The summed E-state index contributed by atoms with van der Waals surface area (Å²) >= 11 is 0. The monoisotopic (exact) mass is 263 g/mol. The van der Waals surface area contributed by atoms with Gasteiger partial charge in [0, 0.05) is 12.1 Å². The number of rotatable bonds is 3. The maximum Gasteiger partial charge on any atom is 0.00724 e. The predicted molar refractivity (Wildman–Crippen MR) is 82.3 cm³/mol. The van der Waals surface area contributed by atoms with Crippen molar-refractivity contribution in [3.05, 3.63) is 0 Å². The summed E-state index contributed by atoms with van der Waals surface area (Å²) in [5.74, 6) is 3.21. The molecular formula is C18H33N. The van der Waals surface area contributed by atoms with E-state index in [1.807, 2.05) is 0 Å². The molecule has 3 saturated carbocycles. The molecule has 110 valence electrons. The van der Waals surface area contributed by atoms with Gasteiger partial charge in [-0.1, -0.05) is 39.0 Å². The van der Waals surface area contributed by atoms with Crippen LogP contribution in [0.5, 0.6) is 0 Å². The molecule has 0 aliphatic heterocycles. The van der Waals surface area contributed by atoms with Crippen LogP contribution in [0.25, 0.3) is 0 Å². The van der Waals surface area contributed by atoms with Gasteiger partial charge < -0.3 is 5.32 Å². The number of hydrogen-bond acceptors (Lipinski definition) is 1. The minimum atomic E-state index is 0.855. The Balaban J connectivity index is 1.43. The molecule has 3 atom stereocenters. The van der Waals surface area contributed by atoms with Gasteiger partial charge in [0.2, 0.25) is 0 Å². The Labute approximate surface area is 119 Å². The van der Waals surface area contributed by atoms with Crippen LogP contribution < -0.4 is 5.32 Å². The van der Waals surface area contributed by atoms with Crippen molar-refractivity contribution in [1.29, 1.82) is 0 Å². The lowest BCUT2D eigenvalue weighted by atomic mass is 9.69. The molecule has 3 aliphatic carbocycles.